The average Bonchev–Trinajstić information content (AvgIpc) is 3.35. The number of thioether (sulfide) groups is 1. The lowest BCUT2D eigenvalue weighted by Crippen LogP contribution is -2.35. The number of hydrogen-bond acceptors (Lipinski definition) is 8. The number of carbonyl (C=O) groups excluding carboxylic acids is 1. The van der Waals surface area contributed by atoms with Crippen LogP contribution in [0.1, 0.15) is 11.1 Å². The van der Waals surface area contributed by atoms with Crippen molar-refractivity contribution in [2.24, 2.45) is 10.1 Å². The first-order valence-corrected chi connectivity index (χ1v) is 11.8. The van der Waals surface area contributed by atoms with E-state index in [2.05, 4.69) is 15.1 Å². The summed E-state index contributed by atoms with van der Waals surface area (Å²) in [4.78, 5) is 20.9. The highest BCUT2D eigenvalue weighted by Gasteiger charge is 2.36. The number of fused-ring (bicyclic) bond motifs is 1. The van der Waals surface area contributed by atoms with E-state index in [9.17, 15) is 4.79 Å². The molecule has 3 heterocycles. The van der Waals surface area contributed by atoms with Crippen LogP contribution >= 0.6 is 11.8 Å². The van der Waals surface area contributed by atoms with Crippen molar-refractivity contribution in [2.75, 3.05) is 20.3 Å². The number of methoxy groups -OCH3 is 1. The minimum atomic E-state index is -0.498. The van der Waals surface area contributed by atoms with E-state index in [1.54, 1.807) is 43.8 Å². The molecule has 0 fully saturated rings. The third kappa shape index (κ3) is 4.98. The van der Waals surface area contributed by atoms with Crippen LogP contribution in [0.2, 0.25) is 0 Å². The molecule has 0 saturated carbocycles. The van der Waals surface area contributed by atoms with Crippen molar-refractivity contribution in [2.45, 2.75) is 0 Å². The summed E-state index contributed by atoms with van der Waals surface area (Å²) in [5.74, 6) is 1.28. The van der Waals surface area contributed by atoms with E-state index in [4.69, 9.17) is 19.6 Å². The number of amides is 1. The number of nitrogens with zero attached hydrogens (tertiary/aromatic N) is 4. The number of rotatable bonds is 8. The Morgan fingerprint density at radius 3 is 2.56 bits per heavy atom. The zero-order valence-corrected chi connectivity index (χ0v) is 20.1. The van der Waals surface area contributed by atoms with Crippen molar-refractivity contribution in [3.63, 3.8) is 0 Å². The number of benzene rings is 2. The van der Waals surface area contributed by atoms with Gasteiger partial charge >= 0.3 is 0 Å². The third-order valence-electron chi connectivity index (χ3n) is 5.23. The Morgan fingerprint density at radius 2 is 1.78 bits per heavy atom. The normalized spacial score (nSPS) is 15.9. The van der Waals surface area contributed by atoms with Crippen LogP contribution in [0.15, 0.2) is 88.7 Å². The van der Waals surface area contributed by atoms with Crippen LogP contribution in [0.25, 0.3) is 6.08 Å². The van der Waals surface area contributed by atoms with Gasteiger partial charge in [0.05, 0.1) is 12.7 Å². The molecule has 2 aliphatic rings. The van der Waals surface area contributed by atoms with Gasteiger partial charge in [0.25, 0.3) is 5.91 Å². The first-order chi connectivity index (χ1) is 17.6. The van der Waals surface area contributed by atoms with Crippen LogP contribution in [0.4, 0.5) is 0 Å². The molecule has 1 aromatic heterocycles. The summed E-state index contributed by atoms with van der Waals surface area (Å²) in [6.45, 7) is 0.706. The van der Waals surface area contributed by atoms with E-state index in [1.165, 1.54) is 16.8 Å². The fraction of sp³-hybridized carbons (Fsp3) is 0.115. The molecule has 9 nitrogen and oxygen atoms in total. The average molecular weight is 500 g/mol. The second-order valence-corrected chi connectivity index (χ2v) is 8.54. The predicted molar refractivity (Wildman–Crippen MR) is 139 cm³/mol. The maximum atomic E-state index is 12.7. The Morgan fingerprint density at radius 1 is 1.00 bits per heavy atom. The monoisotopic (exact) mass is 499 g/mol. The van der Waals surface area contributed by atoms with E-state index in [0.717, 1.165) is 11.3 Å². The van der Waals surface area contributed by atoms with Gasteiger partial charge in [0.2, 0.25) is 5.17 Å². The summed E-state index contributed by atoms with van der Waals surface area (Å²) in [6.07, 6.45) is 4.92. The SMILES string of the molecule is COc1cc(C=C2C(=N)N3N=C(c4ccncc4)SC3=NC2=O)ccc1OCCOc1ccccc1. The van der Waals surface area contributed by atoms with Crippen molar-refractivity contribution in [1.82, 2.24) is 9.99 Å². The van der Waals surface area contributed by atoms with Gasteiger partial charge in [-0.15, -0.1) is 0 Å². The standard InChI is InChI=1S/C26H21N5O4S/c1-33-22-16-17(7-8-21(22)35-14-13-34-19-5-3-2-4-6-19)15-20-23(27)31-26(29-24(20)32)36-25(30-31)18-9-11-28-12-10-18/h2-12,15-16,27H,13-14H2,1H3. The lowest BCUT2D eigenvalue weighted by atomic mass is 10.1. The zero-order chi connectivity index (χ0) is 24.9. The smallest absolute Gasteiger partial charge is 0.283 e. The maximum absolute atomic E-state index is 12.7. The number of carbonyl (C=O) groups is 1. The minimum absolute atomic E-state index is 0.0427. The highest BCUT2D eigenvalue weighted by molar-refractivity contribution is 8.27. The van der Waals surface area contributed by atoms with Crippen LogP contribution in [0, 0.1) is 5.41 Å². The number of hydrazone groups is 1. The Bertz CT molecular complexity index is 1390. The van der Waals surface area contributed by atoms with Gasteiger partial charge in [-0.25, -0.2) is 0 Å². The van der Waals surface area contributed by atoms with Crippen LogP contribution in [0.5, 0.6) is 17.2 Å². The van der Waals surface area contributed by atoms with Crippen molar-refractivity contribution in [1.29, 1.82) is 5.41 Å². The topological polar surface area (TPSA) is 109 Å². The van der Waals surface area contributed by atoms with Gasteiger partial charge in [-0.2, -0.15) is 15.1 Å². The second-order valence-electron chi connectivity index (χ2n) is 7.58. The highest BCUT2D eigenvalue weighted by atomic mass is 32.2. The first kappa shape index (κ1) is 23.3. The van der Waals surface area contributed by atoms with Gasteiger partial charge in [0.1, 0.15) is 24.0 Å². The minimum Gasteiger partial charge on any atom is -0.493 e. The number of aliphatic imine (C=N–C) groups is 1. The molecule has 0 aliphatic carbocycles. The Balaban J connectivity index is 1.29. The van der Waals surface area contributed by atoms with Gasteiger partial charge < -0.3 is 14.2 Å². The van der Waals surface area contributed by atoms with Gasteiger partial charge in [-0.1, -0.05) is 24.3 Å². The summed E-state index contributed by atoms with van der Waals surface area (Å²) in [7, 11) is 1.54. The fourth-order valence-corrected chi connectivity index (χ4v) is 4.39. The molecule has 0 unspecified atom stereocenters. The summed E-state index contributed by atoms with van der Waals surface area (Å²) in [5.41, 5.74) is 1.63. The Kier molecular flexibility index (Phi) is 6.76. The van der Waals surface area contributed by atoms with Gasteiger partial charge in [-0.05, 0) is 59.8 Å². The zero-order valence-electron chi connectivity index (χ0n) is 19.2. The van der Waals surface area contributed by atoms with Gasteiger partial charge in [0.15, 0.2) is 17.3 Å². The number of pyridine rings is 1. The van der Waals surface area contributed by atoms with E-state index in [0.29, 0.717) is 40.5 Å². The molecule has 5 rings (SSSR count). The molecule has 36 heavy (non-hydrogen) atoms. The van der Waals surface area contributed by atoms with Crippen molar-refractivity contribution in [3.8, 4) is 17.2 Å². The molecule has 1 amide bonds. The Hall–Kier alpha value is -4.44. The number of aromatic nitrogens is 1. The molecular formula is C26H21N5O4S. The van der Waals surface area contributed by atoms with E-state index >= 15 is 0 Å². The van der Waals surface area contributed by atoms with E-state index < -0.39 is 5.91 Å². The summed E-state index contributed by atoms with van der Waals surface area (Å²) in [5, 5.41) is 15.4. The fourth-order valence-electron chi connectivity index (χ4n) is 3.49. The molecular weight excluding hydrogens is 478 g/mol. The number of hydrogen-bond donors (Lipinski definition) is 1. The largest absolute Gasteiger partial charge is 0.493 e. The number of ether oxygens (including phenoxy) is 3. The Labute approximate surface area is 211 Å². The molecule has 0 spiro atoms. The molecule has 0 atom stereocenters. The predicted octanol–water partition coefficient (Wildman–Crippen LogP) is 4.22. The van der Waals surface area contributed by atoms with Gasteiger partial charge in [-0.3, -0.25) is 15.2 Å². The quantitative estimate of drug-likeness (QED) is 0.365. The molecule has 3 aromatic rings. The van der Waals surface area contributed by atoms with Crippen LogP contribution < -0.4 is 14.2 Å². The molecule has 10 heteroatoms. The summed E-state index contributed by atoms with van der Waals surface area (Å²) < 4.78 is 16.9. The highest BCUT2D eigenvalue weighted by Crippen LogP contribution is 2.32. The van der Waals surface area contributed by atoms with E-state index in [1.807, 2.05) is 42.5 Å². The number of nitrogens with one attached hydrogen (secondary N) is 1. The molecule has 0 saturated heterocycles. The maximum Gasteiger partial charge on any atom is 0.283 e. The van der Waals surface area contributed by atoms with Crippen molar-refractivity contribution >= 4 is 39.8 Å². The molecule has 1 N–H and O–H groups in total. The van der Waals surface area contributed by atoms with Crippen LogP contribution in [-0.4, -0.2) is 52.3 Å². The molecule has 2 aliphatic heterocycles. The van der Waals surface area contributed by atoms with Crippen molar-refractivity contribution < 1.29 is 19.0 Å². The van der Waals surface area contributed by atoms with Crippen molar-refractivity contribution in [3.05, 3.63) is 89.8 Å². The molecule has 0 radical (unpaired) electrons. The van der Waals surface area contributed by atoms with Crippen LogP contribution in [-0.2, 0) is 4.79 Å². The number of para-hydroxylation sites is 1. The first-order valence-electron chi connectivity index (χ1n) is 11.0. The summed E-state index contributed by atoms with van der Waals surface area (Å²) in [6, 6.07) is 18.4. The lowest BCUT2D eigenvalue weighted by molar-refractivity contribution is -0.114. The molecule has 0 bridgehead atoms. The van der Waals surface area contributed by atoms with E-state index in [-0.39, 0.29) is 11.4 Å². The lowest BCUT2D eigenvalue weighted by Gasteiger charge is -2.20. The summed E-state index contributed by atoms with van der Waals surface area (Å²) >= 11 is 1.24. The third-order valence-corrected chi connectivity index (χ3v) is 6.19. The molecule has 2 aromatic carbocycles. The van der Waals surface area contributed by atoms with Gasteiger partial charge in [0, 0.05) is 18.0 Å². The molecule has 180 valence electrons. The number of amidine groups is 2. The van der Waals surface area contributed by atoms with Crippen LogP contribution in [0.3, 0.4) is 0 Å². The second kappa shape index (κ2) is 10.4.